The van der Waals surface area contributed by atoms with Crippen LogP contribution in [-0.4, -0.2) is 12.5 Å². The Hall–Kier alpha value is -1.30. The van der Waals surface area contributed by atoms with E-state index in [0.717, 1.165) is 0 Å². The molecule has 0 heterocycles. The first kappa shape index (κ1) is 12.7. The van der Waals surface area contributed by atoms with Crippen LogP contribution in [0.25, 0.3) is 0 Å². The fourth-order valence-corrected chi connectivity index (χ4v) is 1.11. The second-order valence-corrected chi connectivity index (χ2v) is 3.61. The van der Waals surface area contributed by atoms with E-state index in [4.69, 9.17) is 5.26 Å². The Kier molecular flexibility index (Phi) is 6.47. The summed E-state index contributed by atoms with van der Waals surface area (Å²) in [5, 5.41) is 11.5. The molecule has 3 nitrogen and oxygen atoms in total. The molecule has 0 fully saturated rings. The lowest BCUT2D eigenvalue weighted by Crippen LogP contribution is -2.24. The summed E-state index contributed by atoms with van der Waals surface area (Å²) >= 11 is 0. The number of hydrogen-bond donors (Lipinski definition) is 1. The molecule has 0 radical (unpaired) electrons. The van der Waals surface area contributed by atoms with Crippen molar-refractivity contribution in [2.45, 2.75) is 26.7 Å². The lowest BCUT2D eigenvalue weighted by molar-refractivity contribution is -0.121. The zero-order valence-electron chi connectivity index (χ0n) is 8.92. The van der Waals surface area contributed by atoms with E-state index in [1.54, 1.807) is 6.08 Å². The molecule has 1 atom stereocenters. The minimum absolute atomic E-state index is 0.00852. The van der Waals surface area contributed by atoms with Crippen molar-refractivity contribution in [1.29, 1.82) is 5.26 Å². The summed E-state index contributed by atoms with van der Waals surface area (Å²) in [6.45, 7) is 7.99. The first-order chi connectivity index (χ1) is 6.61. The summed E-state index contributed by atoms with van der Waals surface area (Å²) in [6, 6.07) is 2.21. The lowest BCUT2D eigenvalue weighted by Gasteiger charge is -2.11. The van der Waals surface area contributed by atoms with Gasteiger partial charge in [0.05, 0.1) is 6.07 Å². The van der Waals surface area contributed by atoms with Gasteiger partial charge < -0.3 is 5.32 Å². The van der Waals surface area contributed by atoms with Gasteiger partial charge in [-0.05, 0) is 12.3 Å². The van der Waals surface area contributed by atoms with Crippen LogP contribution in [0.3, 0.4) is 0 Å². The van der Waals surface area contributed by atoms with Crippen molar-refractivity contribution in [3.63, 3.8) is 0 Å². The summed E-state index contributed by atoms with van der Waals surface area (Å²) in [7, 11) is 0. The van der Waals surface area contributed by atoms with Crippen molar-refractivity contribution >= 4 is 5.91 Å². The van der Waals surface area contributed by atoms with Crippen LogP contribution in [0.4, 0.5) is 0 Å². The summed E-state index contributed by atoms with van der Waals surface area (Å²) in [5.41, 5.74) is 0. The normalized spacial score (nSPS) is 11.9. The van der Waals surface area contributed by atoms with E-state index < -0.39 is 0 Å². The fourth-order valence-electron chi connectivity index (χ4n) is 1.11. The van der Waals surface area contributed by atoms with Crippen LogP contribution >= 0.6 is 0 Å². The number of amides is 1. The Morgan fingerprint density at radius 2 is 2.29 bits per heavy atom. The van der Waals surface area contributed by atoms with Gasteiger partial charge >= 0.3 is 0 Å². The molecule has 0 aliphatic rings. The first-order valence-electron chi connectivity index (χ1n) is 4.89. The number of rotatable bonds is 6. The molecule has 0 aromatic heterocycles. The van der Waals surface area contributed by atoms with Gasteiger partial charge in [0.25, 0.3) is 0 Å². The van der Waals surface area contributed by atoms with Gasteiger partial charge in [0.15, 0.2) is 0 Å². The predicted molar refractivity (Wildman–Crippen MR) is 56.4 cm³/mol. The third-order valence-electron chi connectivity index (χ3n) is 2.10. The number of carbonyl (C=O) groups is 1. The Morgan fingerprint density at radius 1 is 1.64 bits per heavy atom. The van der Waals surface area contributed by atoms with Gasteiger partial charge in [-0.2, -0.15) is 5.26 Å². The molecular weight excluding hydrogens is 176 g/mol. The highest BCUT2D eigenvalue weighted by atomic mass is 16.1. The Balaban J connectivity index is 3.75. The quantitative estimate of drug-likeness (QED) is 0.656. The molecule has 3 heteroatoms. The molecule has 0 rings (SSSR count). The van der Waals surface area contributed by atoms with Crippen molar-refractivity contribution in [3.8, 4) is 6.07 Å². The molecule has 1 unspecified atom stereocenters. The molecule has 0 aromatic rings. The highest BCUT2D eigenvalue weighted by molar-refractivity contribution is 5.75. The molecule has 0 spiro atoms. The molecule has 1 amide bonds. The average molecular weight is 194 g/mol. The fraction of sp³-hybridized carbons (Fsp3) is 0.636. The zero-order chi connectivity index (χ0) is 11.0. The van der Waals surface area contributed by atoms with Gasteiger partial charge in [-0.15, -0.1) is 6.58 Å². The van der Waals surface area contributed by atoms with Crippen molar-refractivity contribution in [2.75, 3.05) is 6.54 Å². The van der Waals surface area contributed by atoms with E-state index in [1.165, 1.54) is 0 Å². The van der Waals surface area contributed by atoms with Gasteiger partial charge in [-0.1, -0.05) is 19.9 Å². The van der Waals surface area contributed by atoms with Crippen LogP contribution in [0, 0.1) is 23.2 Å². The molecule has 0 saturated heterocycles. The van der Waals surface area contributed by atoms with Gasteiger partial charge in [-0.3, -0.25) is 4.79 Å². The van der Waals surface area contributed by atoms with E-state index in [9.17, 15) is 4.79 Å². The van der Waals surface area contributed by atoms with Crippen LogP contribution < -0.4 is 5.32 Å². The van der Waals surface area contributed by atoms with Crippen LogP contribution in [0.1, 0.15) is 26.7 Å². The van der Waals surface area contributed by atoms with E-state index in [0.29, 0.717) is 25.3 Å². The van der Waals surface area contributed by atoms with Gasteiger partial charge in [0.2, 0.25) is 5.91 Å². The maximum Gasteiger partial charge on any atom is 0.220 e. The minimum Gasteiger partial charge on any atom is -0.353 e. The van der Waals surface area contributed by atoms with Crippen molar-refractivity contribution in [1.82, 2.24) is 5.32 Å². The maximum atomic E-state index is 11.2. The number of carbonyl (C=O) groups excluding carboxylic acids is 1. The van der Waals surface area contributed by atoms with Crippen LogP contribution in [0.2, 0.25) is 0 Å². The molecular formula is C11H18N2O. The summed E-state index contributed by atoms with van der Waals surface area (Å²) in [5.74, 6) is 0.280. The highest BCUT2D eigenvalue weighted by Gasteiger charge is 2.13. The monoisotopic (exact) mass is 194 g/mol. The van der Waals surface area contributed by atoms with E-state index in [2.05, 4.69) is 18.0 Å². The van der Waals surface area contributed by atoms with Gasteiger partial charge in [0.1, 0.15) is 0 Å². The van der Waals surface area contributed by atoms with E-state index >= 15 is 0 Å². The van der Waals surface area contributed by atoms with Gasteiger partial charge in [0, 0.05) is 18.9 Å². The zero-order valence-corrected chi connectivity index (χ0v) is 8.92. The number of nitrogens with one attached hydrogen (secondary N) is 1. The molecule has 0 bridgehead atoms. The van der Waals surface area contributed by atoms with Crippen LogP contribution in [0.5, 0.6) is 0 Å². The summed E-state index contributed by atoms with van der Waals surface area (Å²) in [6.07, 6.45) is 2.70. The maximum absolute atomic E-state index is 11.2. The highest BCUT2D eigenvalue weighted by Crippen LogP contribution is 2.15. The lowest BCUT2D eigenvalue weighted by atomic mass is 9.92. The third-order valence-corrected chi connectivity index (χ3v) is 2.10. The standard InChI is InChI=1S/C11H18N2O/c1-4-7-13-11(14)6-5-10(8-12)9(2)3/h4,9-10H,1,5-7H2,2-3H3,(H,13,14). The molecule has 0 aliphatic heterocycles. The molecule has 0 saturated carbocycles. The SMILES string of the molecule is C=CCNC(=O)CCC(C#N)C(C)C. The minimum atomic E-state index is -0.0236. The molecule has 0 aromatic carbocycles. The number of nitriles is 1. The molecule has 78 valence electrons. The number of nitrogens with zero attached hydrogens (tertiary/aromatic N) is 1. The molecule has 14 heavy (non-hydrogen) atoms. The smallest absolute Gasteiger partial charge is 0.220 e. The predicted octanol–water partition coefficient (Wildman–Crippen LogP) is 1.86. The van der Waals surface area contributed by atoms with Crippen LogP contribution in [-0.2, 0) is 4.79 Å². The topological polar surface area (TPSA) is 52.9 Å². The first-order valence-corrected chi connectivity index (χ1v) is 4.89. The second-order valence-electron chi connectivity index (χ2n) is 3.61. The van der Waals surface area contributed by atoms with Crippen molar-refractivity contribution in [3.05, 3.63) is 12.7 Å². The van der Waals surface area contributed by atoms with Crippen LogP contribution in [0.15, 0.2) is 12.7 Å². The average Bonchev–Trinajstić information content (AvgIpc) is 2.15. The summed E-state index contributed by atoms with van der Waals surface area (Å²) in [4.78, 5) is 11.2. The van der Waals surface area contributed by atoms with E-state index in [-0.39, 0.29) is 11.8 Å². The Morgan fingerprint density at radius 3 is 2.71 bits per heavy atom. The molecule has 1 N–H and O–H groups in total. The number of hydrogen-bond acceptors (Lipinski definition) is 2. The van der Waals surface area contributed by atoms with Gasteiger partial charge in [-0.25, -0.2) is 0 Å². The molecule has 0 aliphatic carbocycles. The largest absolute Gasteiger partial charge is 0.353 e. The third kappa shape index (κ3) is 5.36. The Labute approximate surface area is 85.8 Å². The second kappa shape index (κ2) is 7.14. The van der Waals surface area contributed by atoms with E-state index in [1.807, 2.05) is 13.8 Å². The van der Waals surface area contributed by atoms with Crippen molar-refractivity contribution in [2.24, 2.45) is 11.8 Å². The Bertz CT molecular complexity index is 228. The van der Waals surface area contributed by atoms with Crippen molar-refractivity contribution < 1.29 is 4.79 Å². The summed E-state index contributed by atoms with van der Waals surface area (Å²) < 4.78 is 0.